The minimum atomic E-state index is -0.379. The molecule has 7 heteroatoms. The first-order chi connectivity index (χ1) is 13.6. The van der Waals surface area contributed by atoms with E-state index in [2.05, 4.69) is 20.7 Å². The molecule has 1 aliphatic heterocycles. The molecule has 28 heavy (non-hydrogen) atoms. The van der Waals surface area contributed by atoms with E-state index >= 15 is 0 Å². The van der Waals surface area contributed by atoms with Crippen LogP contribution in [-0.4, -0.2) is 27.8 Å². The molecule has 3 aromatic rings. The molecule has 2 aromatic carbocycles. The molecule has 1 amide bonds. The van der Waals surface area contributed by atoms with E-state index in [4.69, 9.17) is 4.74 Å². The topological polar surface area (TPSA) is 81.1 Å². The van der Waals surface area contributed by atoms with Gasteiger partial charge >= 0.3 is 0 Å². The number of fused-ring (bicyclic) bond motifs is 1. The van der Waals surface area contributed by atoms with Crippen LogP contribution in [0.1, 0.15) is 24.1 Å². The minimum Gasteiger partial charge on any atom is -0.495 e. The third-order valence-electron chi connectivity index (χ3n) is 4.76. The molecular weight excluding hydrogens is 354 g/mol. The Morgan fingerprint density at radius 1 is 1.18 bits per heavy atom. The van der Waals surface area contributed by atoms with Crippen molar-refractivity contribution in [3.05, 3.63) is 77.3 Å². The van der Waals surface area contributed by atoms with E-state index in [1.807, 2.05) is 62.4 Å². The zero-order valence-corrected chi connectivity index (χ0v) is 15.9. The lowest BCUT2D eigenvalue weighted by Crippen LogP contribution is -2.31. The highest BCUT2D eigenvalue weighted by molar-refractivity contribution is 6.06. The number of allylic oxidation sites excluding steroid dienone is 1. The Morgan fingerprint density at radius 3 is 2.71 bits per heavy atom. The molecule has 0 aliphatic carbocycles. The van der Waals surface area contributed by atoms with E-state index in [1.165, 1.54) is 6.33 Å². The van der Waals surface area contributed by atoms with E-state index in [9.17, 15) is 4.79 Å². The molecule has 0 radical (unpaired) electrons. The average Bonchev–Trinajstić information content (AvgIpc) is 3.15. The number of carbonyl (C=O) groups is 1. The second kappa shape index (κ2) is 7.19. The van der Waals surface area contributed by atoms with Crippen LogP contribution < -0.4 is 15.4 Å². The third-order valence-corrected chi connectivity index (χ3v) is 4.76. The van der Waals surface area contributed by atoms with Crippen molar-refractivity contribution in [2.75, 3.05) is 17.7 Å². The van der Waals surface area contributed by atoms with Crippen LogP contribution in [0, 0.1) is 6.92 Å². The largest absolute Gasteiger partial charge is 0.495 e. The Morgan fingerprint density at radius 2 is 1.96 bits per heavy atom. The van der Waals surface area contributed by atoms with Crippen LogP contribution in [0.2, 0.25) is 0 Å². The first-order valence-electron chi connectivity index (χ1n) is 8.96. The van der Waals surface area contributed by atoms with E-state index < -0.39 is 0 Å². The summed E-state index contributed by atoms with van der Waals surface area (Å²) in [4.78, 5) is 17.6. The molecule has 1 unspecified atom stereocenters. The smallest absolute Gasteiger partial charge is 0.255 e. The Bertz CT molecular complexity index is 1060. The number of nitrogens with one attached hydrogen (secondary N) is 2. The van der Waals surface area contributed by atoms with Gasteiger partial charge in [-0.2, -0.15) is 10.1 Å². The lowest BCUT2D eigenvalue weighted by molar-refractivity contribution is -0.113. The fraction of sp³-hybridized carbons (Fsp3) is 0.190. The van der Waals surface area contributed by atoms with Gasteiger partial charge in [-0.25, -0.2) is 4.68 Å². The monoisotopic (exact) mass is 375 g/mol. The standard InChI is InChI=1S/C21H21N5O2/c1-13-9-10-17(28-3)16(11-13)25-20(27)18-14(2)24-21-22-12-23-26(21)19(18)15-7-5-4-6-8-15/h4-12,19H,1-3H3,(H,25,27)(H,22,23,24). The normalized spacial score (nSPS) is 15.6. The predicted molar refractivity (Wildman–Crippen MR) is 107 cm³/mol. The first kappa shape index (κ1) is 17.8. The van der Waals surface area contributed by atoms with Crippen LogP contribution in [0.4, 0.5) is 11.6 Å². The molecule has 2 heterocycles. The Balaban J connectivity index is 1.76. The molecular formula is C21H21N5O2. The number of rotatable bonds is 4. The van der Waals surface area contributed by atoms with Crippen molar-refractivity contribution in [2.24, 2.45) is 0 Å². The highest BCUT2D eigenvalue weighted by Crippen LogP contribution is 2.35. The van der Waals surface area contributed by atoms with Gasteiger partial charge in [-0.15, -0.1) is 0 Å². The number of carbonyl (C=O) groups excluding carboxylic acids is 1. The minimum absolute atomic E-state index is 0.219. The van der Waals surface area contributed by atoms with Crippen LogP contribution >= 0.6 is 0 Å². The summed E-state index contributed by atoms with van der Waals surface area (Å²) in [6.45, 7) is 3.84. The fourth-order valence-corrected chi connectivity index (χ4v) is 3.44. The highest BCUT2D eigenvalue weighted by atomic mass is 16.5. The molecule has 7 nitrogen and oxygen atoms in total. The maximum atomic E-state index is 13.3. The van der Waals surface area contributed by atoms with Crippen molar-refractivity contribution in [3.63, 3.8) is 0 Å². The lowest BCUT2D eigenvalue weighted by Gasteiger charge is -2.28. The summed E-state index contributed by atoms with van der Waals surface area (Å²) in [6, 6.07) is 15.1. The van der Waals surface area contributed by atoms with Gasteiger partial charge in [0, 0.05) is 5.70 Å². The number of methoxy groups -OCH3 is 1. The Kier molecular flexibility index (Phi) is 4.57. The summed E-state index contributed by atoms with van der Waals surface area (Å²) in [6.07, 6.45) is 1.48. The number of amides is 1. The van der Waals surface area contributed by atoms with Crippen molar-refractivity contribution in [1.82, 2.24) is 14.8 Å². The molecule has 0 spiro atoms. The number of aromatic nitrogens is 3. The number of hydrogen-bond donors (Lipinski definition) is 2. The summed E-state index contributed by atoms with van der Waals surface area (Å²) >= 11 is 0. The van der Waals surface area contributed by atoms with Crippen molar-refractivity contribution in [1.29, 1.82) is 0 Å². The number of hydrogen-bond acceptors (Lipinski definition) is 5. The van der Waals surface area contributed by atoms with Crippen LogP contribution in [0.15, 0.2) is 66.1 Å². The quantitative estimate of drug-likeness (QED) is 0.729. The molecule has 2 N–H and O–H groups in total. The third kappa shape index (κ3) is 3.11. The molecule has 0 bridgehead atoms. The molecule has 1 aliphatic rings. The summed E-state index contributed by atoms with van der Waals surface area (Å²) in [5.41, 5.74) is 3.92. The Labute approximate surface area is 163 Å². The van der Waals surface area contributed by atoms with Crippen LogP contribution in [0.3, 0.4) is 0 Å². The van der Waals surface area contributed by atoms with Gasteiger partial charge in [0.1, 0.15) is 18.1 Å². The van der Waals surface area contributed by atoms with Gasteiger partial charge in [0.05, 0.1) is 18.4 Å². The first-order valence-corrected chi connectivity index (χ1v) is 8.96. The fourth-order valence-electron chi connectivity index (χ4n) is 3.44. The summed E-state index contributed by atoms with van der Waals surface area (Å²) in [5, 5.41) is 10.5. The van der Waals surface area contributed by atoms with Gasteiger partial charge in [0.25, 0.3) is 5.91 Å². The van der Waals surface area contributed by atoms with Crippen molar-refractivity contribution in [2.45, 2.75) is 19.9 Å². The van der Waals surface area contributed by atoms with E-state index in [0.717, 1.165) is 16.8 Å². The summed E-state index contributed by atoms with van der Waals surface area (Å²) < 4.78 is 7.12. The van der Waals surface area contributed by atoms with E-state index in [0.29, 0.717) is 23.0 Å². The van der Waals surface area contributed by atoms with Gasteiger partial charge in [-0.05, 0) is 37.1 Å². The zero-order valence-electron chi connectivity index (χ0n) is 15.9. The molecule has 1 atom stereocenters. The van der Waals surface area contributed by atoms with E-state index in [-0.39, 0.29) is 11.9 Å². The van der Waals surface area contributed by atoms with Crippen molar-refractivity contribution >= 4 is 17.5 Å². The maximum Gasteiger partial charge on any atom is 0.255 e. The van der Waals surface area contributed by atoms with Gasteiger partial charge in [-0.3, -0.25) is 4.79 Å². The van der Waals surface area contributed by atoms with Gasteiger partial charge < -0.3 is 15.4 Å². The number of nitrogens with zero attached hydrogens (tertiary/aromatic N) is 3. The summed E-state index contributed by atoms with van der Waals surface area (Å²) in [7, 11) is 1.58. The second-order valence-corrected chi connectivity index (χ2v) is 6.66. The van der Waals surface area contributed by atoms with E-state index in [1.54, 1.807) is 11.8 Å². The number of aryl methyl sites for hydroxylation is 1. The second-order valence-electron chi connectivity index (χ2n) is 6.66. The maximum absolute atomic E-state index is 13.3. The van der Waals surface area contributed by atoms with Crippen LogP contribution in [0.25, 0.3) is 0 Å². The van der Waals surface area contributed by atoms with Gasteiger partial charge in [-0.1, -0.05) is 36.4 Å². The van der Waals surface area contributed by atoms with Crippen LogP contribution in [0.5, 0.6) is 5.75 Å². The SMILES string of the molecule is COc1ccc(C)cc1NC(=O)C1=C(C)Nc2ncnn2C1c1ccccc1. The summed E-state index contributed by atoms with van der Waals surface area (Å²) in [5.74, 6) is 0.999. The van der Waals surface area contributed by atoms with Crippen molar-refractivity contribution in [3.8, 4) is 5.75 Å². The molecule has 4 rings (SSSR count). The molecule has 1 aromatic heterocycles. The number of anilines is 2. The predicted octanol–water partition coefficient (Wildman–Crippen LogP) is 3.52. The lowest BCUT2D eigenvalue weighted by atomic mass is 9.95. The zero-order chi connectivity index (χ0) is 19.7. The highest BCUT2D eigenvalue weighted by Gasteiger charge is 2.33. The van der Waals surface area contributed by atoms with Gasteiger partial charge in [0.2, 0.25) is 5.95 Å². The molecule has 0 saturated heterocycles. The number of benzene rings is 2. The Hall–Kier alpha value is -3.61. The average molecular weight is 375 g/mol. The molecule has 0 saturated carbocycles. The van der Waals surface area contributed by atoms with Crippen LogP contribution in [-0.2, 0) is 4.79 Å². The molecule has 0 fully saturated rings. The van der Waals surface area contributed by atoms with Crippen molar-refractivity contribution < 1.29 is 9.53 Å². The van der Waals surface area contributed by atoms with Gasteiger partial charge in [0.15, 0.2) is 0 Å². The molecule has 142 valence electrons. The number of ether oxygens (including phenoxy) is 1.